The number of hydrogen-bond acceptors (Lipinski definition) is 4. The van der Waals surface area contributed by atoms with Gasteiger partial charge in [-0.05, 0) is 18.1 Å². The maximum absolute atomic E-state index is 4.75. The molecule has 0 amide bonds. The van der Waals surface area contributed by atoms with Crippen molar-refractivity contribution in [3.63, 3.8) is 0 Å². The lowest BCUT2D eigenvalue weighted by Gasteiger charge is -2.35. The molecule has 1 saturated heterocycles. The second-order valence-electron chi connectivity index (χ2n) is 5.21. The minimum Gasteiger partial charge on any atom is -0.345 e. The Hall–Kier alpha value is -1.13. The van der Waals surface area contributed by atoms with Crippen LogP contribution in [-0.2, 0) is 0 Å². The molecule has 2 aromatic rings. The summed E-state index contributed by atoms with van der Waals surface area (Å²) in [6, 6.07) is 8.96. The number of piperazine rings is 1. The van der Waals surface area contributed by atoms with E-state index in [2.05, 4.69) is 48.3 Å². The zero-order valence-corrected chi connectivity index (χ0v) is 11.7. The van der Waals surface area contributed by atoms with Gasteiger partial charge in [-0.1, -0.05) is 37.3 Å². The molecule has 0 bridgehead atoms. The van der Waals surface area contributed by atoms with Crippen LogP contribution in [0.2, 0.25) is 0 Å². The van der Waals surface area contributed by atoms with Crippen molar-refractivity contribution in [1.82, 2.24) is 10.3 Å². The van der Waals surface area contributed by atoms with Crippen LogP contribution in [0.1, 0.15) is 13.8 Å². The Morgan fingerprint density at radius 1 is 1.39 bits per heavy atom. The lowest BCUT2D eigenvalue weighted by atomic mass is 10.0. The topological polar surface area (TPSA) is 28.2 Å². The number of rotatable bonds is 2. The Balaban J connectivity index is 1.85. The minimum atomic E-state index is 0.575. The van der Waals surface area contributed by atoms with E-state index in [0.717, 1.165) is 25.2 Å². The zero-order valence-electron chi connectivity index (χ0n) is 10.9. The molecule has 1 unspecified atom stereocenters. The molecule has 0 saturated carbocycles. The highest BCUT2D eigenvalue weighted by Gasteiger charge is 2.23. The summed E-state index contributed by atoms with van der Waals surface area (Å²) in [5, 5.41) is 4.76. The van der Waals surface area contributed by atoms with Crippen LogP contribution in [0, 0.1) is 5.92 Å². The molecule has 1 aliphatic heterocycles. The van der Waals surface area contributed by atoms with Crippen molar-refractivity contribution in [3.05, 3.63) is 24.3 Å². The molecule has 0 aliphatic carbocycles. The summed E-state index contributed by atoms with van der Waals surface area (Å²) >= 11 is 1.80. The second-order valence-corrected chi connectivity index (χ2v) is 6.22. The predicted octanol–water partition coefficient (Wildman–Crippen LogP) is 2.73. The number of para-hydroxylation sites is 1. The van der Waals surface area contributed by atoms with Crippen molar-refractivity contribution < 1.29 is 0 Å². The average Bonchev–Trinajstić information content (AvgIpc) is 2.82. The quantitative estimate of drug-likeness (QED) is 0.901. The van der Waals surface area contributed by atoms with Gasteiger partial charge in [-0.15, -0.1) is 0 Å². The van der Waals surface area contributed by atoms with Gasteiger partial charge in [-0.2, -0.15) is 0 Å². The van der Waals surface area contributed by atoms with Gasteiger partial charge in [0.1, 0.15) is 0 Å². The van der Waals surface area contributed by atoms with Gasteiger partial charge in [0.05, 0.1) is 10.2 Å². The molecule has 1 aromatic carbocycles. The molecule has 2 heterocycles. The van der Waals surface area contributed by atoms with Crippen molar-refractivity contribution in [3.8, 4) is 0 Å². The molecule has 1 N–H and O–H groups in total. The zero-order chi connectivity index (χ0) is 12.5. The molecule has 3 nitrogen and oxygen atoms in total. The molecule has 0 spiro atoms. The Labute approximate surface area is 112 Å². The summed E-state index contributed by atoms with van der Waals surface area (Å²) in [5.41, 5.74) is 1.12. The molecule has 1 atom stereocenters. The monoisotopic (exact) mass is 261 g/mol. The van der Waals surface area contributed by atoms with E-state index in [-0.39, 0.29) is 0 Å². The van der Waals surface area contributed by atoms with E-state index in [1.165, 1.54) is 9.83 Å². The minimum absolute atomic E-state index is 0.575. The molecule has 3 rings (SSSR count). The van der Waals surface area contributed by atoms with Crippen LogP contribution in [0.3, 0.4) is 0 Å². The van der Waals surface area contributed by atoms with Crippen LogP contribution in [0.4, 0.5) is 5.13 Å². The number of benzene rings is 1. The van der Waals surface area contributed by atoms with E-state index in [9.17, 15) is 0 Å². The van der Waals surface area contributed by atoms with E-state index in [0.29, 0.717) is 12.0 Å². The maximum atomic E-state index is 4.75. The lowest BCUT2D eigenvalue weighted by Crippen LogP contribution is -2.52. The fourth-order valence-electron chi connectivity index (χ4n) is 2.39. The van der Waals surface area contributed by atoms with Gasteiger partial charge >= 0.3 is 0 Å². The second kappa shape index (κ2) is 4.86. The van der Waals surface area contributed by atoms with Crippen molar-refractivity contribution in [2.45, 2.75) is 19.9 Å². The highest BCUT2D eigenvalue weighted by molar-refractivity contribution is 7.22. The summed E-state index contributed by atoms with van der Waals surface area (Å²) in [4.78, 5) is 7.17. The Morgan fingerprint density at radius 2 is 2.22 bits per heavy atom. The molecular weight excluding hydrogens is 242 g/mol. The van der Waals surface area contributed by atoms with Crippen molar-refractivity contribution in [2.75, 3.05) is 24.5 Å². The Bertz CT molecular complexity index is 502. The Kier molecular flexibility index (Phi) is 3.22. The summed E-state index contributed by atoms with van der Waals surface area (Å²) in [5.74, 6) is 0.669. The van der Waals surface area contributed by atoms with Crippen LogP contribution >= 0.6 is 11.3 Å². The predicted molar refractivity (Wildman–Crippen MR) is 78.5 cm³/mol. The molecule has 1 aliphatic rings. The van der Waals surface area contributed by atoms with Gasteiger partial charge < -0.3 is 10.2 Å². The number of nitrogens with zero attached hydrogens (tertiary/aromatic N) is 2. The van der Waals surface area contributed by atoms with E-state index in [1.54, 1.807) is 11.3 Å². The van der Waals surface area contributed by atoms with Crippen LogP contribution in [0.25, 0.3) is 10.2 Å². The smallest absolute Gasteiger partial charge is 0.186 e. The normalized spacial score (nSPS) is 20.8. The van der Waals surface area contributed by atoms with E-state index in [4.69, 9.17) is 4.98 Å². The standard InChI is InChI=1S/C14H19N3S/c1-10(2)12-9-17(8-7-15-12)14-16-11-5-3-4-6-13(11)18-14/h3-6,10,12,15H,7-9H2,1-2H3. The van der Waals surface area contributed by atoms with Gasteiger partial charge in [-0.3, -0.25) is 0 Å². The number of aromatic nitrogens is 1. The van der Waals surface area contributed by atoms with Crippen LogP contribution in [0.15, 0.2) is 24.3 Å². The van der Waals surface area contributed by atoms with Crippen LogP contribution < -0.4 is 10.2 Å². The van der Waals surface area contributed by atoms with Gasteiger partial charge in [-0.25, -0.2) is 4.98 Å². The fraction of sp³-hybridized carbons (Fsp3) is 0.500. The molecule has 0 radical (unpaired) electrons. The van der Waals surface area contributed by atoms with E-state index < -0.39 is 0 Å². The fourth-order valence-corrected chi connectivity index (χ4v) is 3.39. The molecular formula is C14H19N3S. The number of nitrogens with one attached hydrogen (secondary N) is 1. The van der Waals surface area contributed by atoms with E-state index >= 15 is 0 Å². The molecule has 1 aromatic heterocycles. The molecule has 1 fully saturated rings. The first-order chi connectivity index (χ1) is 8.74. The largest absolute Gasteiger partial charge is 0.345 e. The number of thiazole rings is 1. The maximum Gasteiger partial charge on any atom is 0.186 e. The van der Waals surface area contributed by atoms with Gasteiger partial charge in [0.25, 0.3) is 0 Å². The van der Waals surface area contributed by atoms with E-state index in [1.807, 2.05) is 0 Å². The first-order valence-corrected chi connectivity index (χ1v) is 7.39. The average molecular weight is 261 g/mol. The summed E-state index contributed by atoms with van der Waals surface area (Å²) in [7, 11) is 0. The summed E-state index contributed by atoms with van der Waals surface area (Å²) in [6.45, 7) is 7.73. The van der Waals surface area contributed by atoms with Crippen molar-refractivity contribution in [2.24, 2.45) is 5.92 Å². The highest BCUT2D eigenvalue weighted by atomic mass is 32.1. The first kappa shape index (κ1) is 11.9. The molecule has 96 valence electrons. The van der Waals surface area contributed by atoms with Gasteiger partial charge in [0.15, 0.2) is 5.13 Å². The third-order valence-electron chi connectivity index (χ3n) is 3.56. The van der Waals surface area contributed by atoms with Crippen LogP contribution in [0.5, 0.6) is 0 Å². The van der Waals surface area contributed by atoms with Crippen molar-refractivity contribution in [1.29, 1.82) is 0 Å². The first-order valence-electron chi connectivity index (χ1n) is 6.58. The lowest BCUT2D eigenvalue weighted by molar-refractivity contribution is 0.368. The van der Waals surface area contributed by atoms with Crippen LogP contribution in [-0.4, -0.2) is 30.7 Å². The number of anilines is 1. The van der Waals surface area contributed by atoms with Gasteiger partial charge in [0, 0.05) is 25.7 Å². The Morgan fingerprint density at radius 3 is 3.00 bits per heavy atom. The van der Waals surface area contributed by atoms with Crippen molar-refractivity contribution >= 4 is 26.7 Å². The number of hydrogen-bond donors (Lipinski definition) is 1. The highest BCUT2D eigenvalue weighted by Crippen LogP contribution is 2.29. The third-order valence-corrected chi connectivity index (χ3v) is 4.66. The SMILES string of the molecule is CC(C)C1CN(c2nc3ccccc3s2)CCN1. The number of fused-ring (bicyclic) bond motifs is 1. The molecule has 4 heteroatoms. The van der Waals surface area contributed by atoms with Gasteiger partial charge in [0.2, 0.25) is 0 Å². The summed E-state index contributed by atoms with van der Waals surface area (Å²) < 4.78 is 1.28. The summed E-state index contributed by atoms with van der Waals surface area (Å²) in [6.07, 6.45) is 0. The molecule has 18 heavy (non-hydrogen) atoms. The third kappa shape index (κ3) is 2.22.